The minimum absolute atomic E-state index is 0. The van der Waals surface area contributed by atoms with Crippen molar-refractivity contribution < 1.29 is 9.47 Å². The van der Waals surface area contributed by atoms with Gasteiger partial charge in [0.1, 0.15) is 11.5 Å². The van der Waals surface area contributed by atoms with Crippen molar-refractivity contribution in [1.29, 1.82) is 0 Å². The third kappa shape index (κ3) is 7.49. The quantitative estimate of drug-likeness (QED) is 0.487. The highest BCUT2D eigenvalue weighted by Crippen LogP contribution is 2.19. The number of hydrogen-bond donors (Lipinski definition) is 0. The monoisotopic (exact) mass is 425 g/mol. The van der Waals surface area contributed by atoms with Crippen molar-refractivity contribution in [1.82, 2.24) is 9.88 Å². The first-order chi connectivity index (χ1) is 13.3. The molecule has 0 atom stereocenters. The first-order valence-electron chi connectivity index (χ1n) is 10.1. The molecule has 1 aliphatic heterocycles. The Bertz CT molecular complexity index is 632. The van der Waals surface area contributed by atoms with Crippen molar-refractivity contribution in [2.24, 2.45) is 0 Å². The number of halogens is 1. The largest absolute Gasteiger partial charge is 0.494 e. The highest BCUT2D eigenvalue weighted by Gasteiger charge is 2.17. The van der Waals surface area contributed by atoms with E-state index in [4.69, 9.17) is 9.47 Å². The Morgan fingerprint density at radius 2 is 1.61 bits per heavy atom. The van der Waals surface area contributed by atoms with Crippen LogP contribution in [0.5, 0.6) is 11.5 Å². The van der Waals surface area contributed by atoms with Gasteiger partial charge in [-0.3, -0.25) is 4.90 Å². The highest BCUT2D eigenvalue weighted by molar-refractivity contribution is 7.13. The number of unbranched alkanes of at least 4 members (excludes halogenated alkanes) is 3. The fourth-order valence-corrected chi connectivity index (χ4v) is 4.01. The van der Waals surface area contributed by atoms with Crippen LogP contribution >= 0.6 is 23.7 Å². The Morgan fingerprint density at radius 1 is 0.929 bits per heavy atom. The summed E-state index contributed by atoms with van der Waals surface area (Å²) >= 11 is 1.74. The summed E-state index contributed by atoms with van der Waals surface area (Å²) in [6.45, 7) is 9.20. The maximum absolute atomic E-state index is 5.81. The number of hydrogen-bond acceptors (Lipinski definition) is 6. The van der Waals surface area contributed by atoms with Gasteiger partial charge in [0, 0.05) is 37.8 Å². The number of rotatable bonds is 11. The average molecular weight is 426 g/mol. The maximum Gasteiger partial charge on any atom is 0.185 e. The first kappa shape index (κ1) is 22.8. The molecule has 3 rings (SSSR count). The standard InChI is InChI=1S/C21H31N3O2S.ClH/c1-2-25-19-7-9-20(10-8-19)26-17-6-4-3-5-12-23-13-15-24(16-14-23)21-22-11-18-27-21;/h7-11,18H,2-6,12-17H2,1H3;1H. The average Bonchev–Trinajstić information content (AvgIpc) is 3.24. The number of piperazine rings is 1. The number of anilines is 1. The van der Waals surface area contributed by atoms with Crippen LogP contribution in [0.3, 0.4) is 0 Å². The van der Waals surface area contributed by atoms with E-state index < -0.39 is 0 Å². The lowest BCUT2D eigenvalue weighted by molar-refractivity contribution is 0.249. The van der Waals surface area contributed by atoms with E-state index in [1.54, 1.807) is 11.3 Å². The fourth-order valence-electron chi connectivity index (χ4n) is 3.31. The van der Waals surface area contributed by atoms with Gasteiger partial charge in [0.05, 0.1) is 13.2 Å². The molecule has 1 aromatic heterocycles. The third-order valence-corrected chi connectivity index (χ3v) is 5.67. The molecule has 0 spiro atoms. The lowest BCUT2D eigenvalue weighted by atomic mass is 10.2. The number of nitrogens with zero attached hydrogens (tertiary/aromatic N) is 3. The molecule has 5 nitrogen and oxygen atoms in total. The normalized spacial score (nSPS) is 14.5. The zero-order valence-corrected chi connectivity index (χ0v) is 18.3. The van der Waals surface area contributed by atoms with E-state index in [2.05, 4.69) is 20.2 Å². The molecule has 1 fully saturated rings. The Morgan fingerprint density at radius 3 is 2.25 bits per heavy atom. The molecule has 0 N–H and O–H groups in total. The molecule has 1 saturated heterocycles. The molecule has 28 heavy (non-hydrogen) atoms. The minimum atomic E-state index is 0. The van der Waals surface area contributed by atoms with E-state index in [0.29, 0.717) is 6.61 Å². The first-order valence-corrected chi connectivity index (χ1v) is 11.0. The molecular weight excluding hydrogens is 394 g/mol. The molecule has 0 unspecified atom stereocenters. The fraction of sp³-hybridized carbons (Fsp3) is 0.571. The second-order valence-corrected chi connectivity index (χ2v) is 7.68. The predicted molar refractivity (Wildman–Crippen MR) is 120 cm³/mol. The van der Waals surface area contributed by atoms with Gasteiger partial charge in [-0.25, -0.2) is 4.98 Å². The Balaban J connectivity index is 0.00000280. The molecule has 1 aliphatic rings. The van der Waals surface area contributed by atoms with E-state index >= 15 is 0 Å². The van der Waals surface area contributed by atoms with E-state index in [9.17, 15) is 0 Å². The van der Waals surface area contributed by atoms with Crippen molar-refractivity contribution in [2.75, 3.05) is 50.8 Å². The molecule has 2 heterocycles. The molecule has 156 valence electrons. The van der Waals surface area contributed by atoms with Crippen LogP contribution in [0.15, 0.2) is 35.8 Å². The topological polar surface area (TPSA) is 37.8 Å². The Hall–Kier alpha value is -1.50. The summed E-state index contributed by atoms with van der Waals surface area (Å²) in [6.07, 6.45) is 6.80. The summed E-state index contributed by atoms with van der Waals surface area (Å²) in [5, 5.41) is 3.23. The molecular formula is C21H32ClN3O2S. The molecule has 0 bridgehead atoms. The maximum atomic E-state index is 5.81. The molecule has 0 aliphatic carbocycles. The van der Waals surface area contributed by atoms with Crippen LogP contribution in [0.4, 0.5) is 5.13 Å². The molecule has 7 heteroatoms. The summed E-state index contributed by atoms with van der Waals surface area (Å²) in [4.78, 5) is 9.40. The highest BCUT2D eigenvalue weighted by atomic mass is 35.5. The van der Waals surface area contributed by atoms with Crippen LogP contribution in [0, 0.1) is 0 Å². The van der Waals surface area contributed by atoms with Gasteiger partial charge < -0.3 is 14.4 Å². The van der Waals surface area contributed by atoms with Gasteiger partial charge in [0.25, 0.3) is 0 Å². The summed E-state index contributed by atoms with van der Waals surface area (Å²) in [5.41, 5.74) is 0. The molecule has 2 aromatic rings. The van der Waals surface area contributed by atoms with Gasteiger partial charge in [-0.05, 0) is 50.6 Å². The lowest BCUT2D eigenvalue weighted by Gasteiger charge is -2.34. The molecule has 0 radical (unpaired) electrons. The molecule has 0 amide bonds. The van der Waals surface area contributed by atoms with Gasteiger partial charge in [-0.2, -0.15) is 0 Å². The van der Waals surface area contributed by atoms with Gasteiger partial charge in [0.2, 0.25) is 0 Å². The minimum Gasteiger partial charge on any atom is -0.494 e. The molecule has 0 saturated carbocycles. The smallest absolute Gasteiger partial charge is 0.185 e. The van der Waals surface area contributed by atoms with E-state index in [0.717, 1.165) is 50.7 Å². The van der Waals surface area contributed by atoms with E-state index in [1.165, 1.54) is 30.9 Å². The van der Waals surface area contributed by atoms with Crippen LogP contribution in [0.2, 0.25) is 0 Å². The predicted octanol–water partition coefficient (Wildman–Crippen LogP) is 4.73. The van der Waals surface area contributed by atoms with Crippen LogP contribution in [-0.4, -0.2) is 55.8 Å². The van der Waals surface area contributed by atoms with E-state index in [1.807, 2.05) is 37.4 Å². The second-order valence-electron chi connectivity index (χ2n) is 6.81. The van der Waals surface area contributed by atoms with E-state index in [-0.39, 0.29) is 12.4 Å². The summed E-state index contributed by atoms with van der Waals surface area (Å²) in [7, 11) is 0. The summed E-state index contributed by atoms with van der Waals surface area (Å²) in [6, 6.07) is 7.90. The van der Waals surface area contributed by atoms with Gasteiger partial charge >= 0.3 is 0 Å². The van der Waals surface area contributed by atoms with Crippen LogP contribution in [0.1, 0.15) is 32.6 Å². The van der Waals surface area contributed by atoms with Crippen molar-refractivity contribution in [2.45, 2.75) is 32.6 Å². The second kappa shape index (κ2) is 12.9. The van der Waals surface area contributed by atoms with Gasteiger partial charge in [0.15, 0.2) is 5.13 Å². The third-order valence-electron chi connectivity index (χ3n) is 4.83. The Kier molecular flexibility index (Phi) is 10.5. The van der Waals surface area contributed by atoms with Gasteiger partial charge in [-0.15, -0.1) is 23.7 Å². The molecule has 1 aromatic carbocycles. The zero-order valence-electron chi connectivity index (χ0n) is 16.7. The van der Waals surface area contributed by atoms with Gasteiger partial charge in [-0.1, -0.05) is 12.8 Å². The van der Waals surface area contributed by atoms with Crippen LogP contribution in [0.25, 0.3) is 0 Å². The van der Waals surface area contributed by atoms with Crippen LogP contribution < -0.4 is 14.4 Å². The summed E-state index contributed by atoms with van der Waals surface area (Å²) < 4.78 is 11.2. The van der Waals surface area contributed by atoms with Crippen molar-refractivity contribution in [3.05, 3.63) is 35.8 Å². The number of aromatic nitrogens is 1. The Labute approximate surface area is 179 Å². The van der Waals surface area contributed by atoms with Crippen LogP contribution in [-0.2, 0) is 0 Å². The number of benzene rings is 1. The lowest BCUT2D eigenvalue weighted by Crippen LogP contribution is -2.46. The number of ether oxygens (including phenoxy) is 2. The summed E-state index contributed by atoms with van der Waals surface area (Å²) in [5.74, 6) is 1.83. The van der Waals surface area contributed by atoms with Crippen molar-refractivity contribution >= 4 is 28.9 Å². The SMILES string of the molecule is CCOc1ccc(OCCCCCCN2CCN(c3nccs3)CC2)cc1.Cl. The zero-order chi connectivity index (χ0) is 18.7. The number of thiazole rings is 1. The van der Waals surface area contributed by atoms with Crippen molar-refractivity contribution in [3.63, 3.8) is 0 Å². The van der Waals surface area contributed by atoms with Crippen molar-refractivity contribution in [3.8, 4) is 11.5 Å².